The molecule has 0 amide bonds. The molecule has 0 spiro atoms. The summed E-state index contributed by atoms with van der Waals surface area (Å²) in [6.45, 7) is 1.97. The van der Waals surface area contributed by atoms with Gasteiger partial charge in [0.05, 0.1) is 16.0 Å². The Bertz CT molecular complexity index is 1310. The van der Waals surface area contributed by atoms with E-state index < -0.39 is 5.97 Å². The fourth-order valence-electron chi connectivity index (χ4n) is 3.12. The molecule has 0 saturated carbocycles. The normalized spacial score (nSPS) is 11.7. The van der Waals surface area contributed by atoms with Crippen LogP contribution in [-0.2, 0) is 0 Å². The molecule has 0 radical (unpaired) electrons. The molecule has 2 heterocycles. The summed E-state index contributed by atoms with van der Waals surface area (Å²) in [4.78, 5) is 32.7. The number of carbonyl (C=O) groups is 1. The van der Waals surface area contributed by atoms with Crippen LogP contribution >= 0.6 is 22.9 Å². The Balaban J connectivity index is 1.78. The molecule has 0 fully saturated rings. The number of hydrogen-bond donors (Lipinski definition) is 2. The standard InChI is InChI=1S/C22H15ClN2O3S/c1-12-17(14-5-3-2-4-6-14)18-20(26)24-19(25-21(18)29-12)16(23)11-13-7-9-15(10-8-13)22(27)28/h2-11H,1H3,(H,27,28)(H,24,25,26)/b16-11-. The molecule has 5 nitrogen and oxygen atoms in total. The lowest BCUT2D eigenvalue weighted by atomic mass is 10.0. The van der Waals surface area contributed by atoms with E-state index in [-0.39, 0.29) is 22.0 Å². The van der Waals surface area contributed by atoms with E-state index in [1.165, 1.54) is 23.5 Å². The van der Waals surface area contributed by atoms with Crippen molar-refractivity contribution in [3.63, 3.8) is 0 Å². The minimum Gasteiger partial charge on any atom is -0.478 e. The number of nitrogens with zero attached hydrogens (tertiary/aromatic N) is 1. The number of nitrogens with one attached hydrogen (secondary N) is 1. The number of carboxylic acids is 1. The van der Waals surface area contributed by atoms with Gasteiger partial charge in [0.15, 0.2) is 5.82 Å². The highest BCUT2D eigenvalue weighted by molar-refractivity contribution is 7.19. The molecule has 0 aliphatic rings. The molecule has 0 bridgehead atoms. The van der Waals surface area contributed by atoms with E-state index in [1.54, 1.807) is 18.2 Å². The van der Waals surface area contributed by atoms with Gasteiger partial charge in [-0.15, -0.1) is 11.3 Å². The molecule has 7 heteroatoms. The van der Waals surface area contributed by atoms with Gasteiger partial charge in [0.2, 0.25) is 0 Å². The van der Waals surface area contributed by atoms with Crippen LogP contribution in [0.25, 0.3) is 32.5 Å². The molecule has 29 heavy (non-hydrogen) atoms. The van der Waals surface area contributed by atoms with E-state index in [9.17, 15) is 9.59 Å². The summed E-state index contributed by atoms with van der Waals surface area (Å²) in [5, 5.41) is 9.80. The van der Waals surface area contributed by atoms with Gasteiger partial charge in [-0.25, -0.2) is 9.78 Å². The first-order valence-electron chi connectivity index (χ1n) is 8.74. The van der Waals surface area contributed by atoms with Gasteiger partial charge in [0.25, 0.3) is 5.56 Å². The van der Waals surface area contributed by atoms with Crippen LogP contribution in [-0.4, -0.2) is 21.0 Å². The highest BCUT2D eigenvalue weighted by Crippen LogP contribution is 2.36. The number of aromatic amines is 1. The third kappa shape index (κ3) is 3.72. The Hall–Kier alpha value is -3.22. The number of hydrogen-bond acceptors (Lipinski definition) is 4. The van der Waals surface area contributed by atoms with Crippen molar-refractivity contribution in [2.24, 2.45) is 0 Å². The van der Waals surface area contributed by atoms with Gasteiger partial charge in [-0.2, -0.15) is 0 Å². The third-order valence-corrected chi connectivity index (χ3v) is 5.76. The Labute approximate surface area is 174 Å². The number of thiophene rings is 1. The quantitative estimate of drug-likeness (QED) is 0.461. The topological polar surface area (TPSA) is 83.0 Å². The lowest BCUT2D eigenvalue weighted by molar-refractivity contribution is 0.0697. The molecule has 0 unspecified atom stereocenters. The number of carboxylic acid groups (broad SMARTS) is 1. The van der Waals surface area contributed by atoms with Gasteiger partial charge in [-0.05, 0) is 36.3 Å². The number of halogens is 1. The Morgan fingerprint density at radius 2 is 1.83 bits per heavy atom. The summed E-state index contributed by atoms with van der Waals surface area (Å²) >= 11 is 7.84. The zero-order chi connectivity index (χ0) is 20.5. The molecule has 2 N–H and O–H groups in total. The van der Waals surface area contributed by atoms with Crippen molar-refractivity contribution in [1.82, 2.24) is 9.97 Å². The van der Waals surface area contributed by atoms with E-state index in [1.807, 2.05) is 37.3 Å². The predicted molar refractivity (Wildman–Crippen MR) is 118 cm³/mol. The van der Waals surface area contributed by atoms with Crippen molar-refractivity contribution < 1.29 is 9.90 Å². The maximum Gasteiger partial charge on any atom is 0.335 e. The van der Waals surface area contributed by atoms with Crippen LogP contribution in [0.2, 0.25) is 0 Å². The number of fused-ring (bicyclic) bond motifs is 1. The van der Waals surface area contributed by atoms with E-state index in [0.717, 1.165) is 16.0 Å². The predicted octanol–water partition coefficient (Wildman–Crippen LogP) is 5.40. The molecule has 2 aromatic carbocycles. The number of aromatic carboxylic acids is 1. The van der Waals surface area contributed by atoms with E-state index >= 15 is 0 Å². The van der Waals surface area contributed by atoms with Crippen LogP contribution < -0.4 is 5.56 Å². The van der Waals surface area contributed by atoms with Crippen LogP contribution in [0.15, 0.2) is 59.4 Å². The summed E-state index contributed by atoms with van der Waals surface area (Å²) in [6, 6.07) is 16.0. The van der Waals surface area contributed by atoms with Gasteiger partial charge in [0.1, 0.15) is 4.83 Å². The molecule has 4 rings (SSSR count). The number of aromatic nitrogens is 2. The van der Waals surface area contributed by atoms with Crippen molar-refractivity contribution in [2.45, 2.75) is 6.92 Å². The van der Waals surface area contributed by atoms with Crippen molar-refractivity contribution in [3.8, 4) is 11.1 Å². The summed E-state index contributed by atoms with van der Waals surface area (Å²) in [5.41, 5.74) is 2.50. The highest BCUT2D eigenvalue weighted by Gasteiger charge is 2.17. The fraction of sp³-hybridized carbons (Fsp3) is 0.0455. The van der Waals surface area contributed by atoms with E-state index in [0.29, 0.717) is 15.8 Å². The molecular weight excluding hydrogens is 408 g/mol. The lowest BCUT2D eigenvalue weighted by Gasteiger charge is -2.03. The second-order valence-electron chi connectivity index (χ2n) is 6.41. The second-order valence-corrected chi connectivity index (χ2v) is 8.02. The Morgan fingerprint density at radius 3 is 2.48 bits per heavy atom. The maximum absolute atomic E-state index is 12.8. The third-order valence-electron chi connectivity index (χ3n) is 4.48. The van der Waals surface area contributed by atoms with Gasteiger partial charge in [-0.3, -0.25) is 4.79 Å². The first-order valence-corrected chi connectivity index (χ1v) is 9.93. The monoisotopic (exact) mass is 422 g/mol. The summed E-state index contributed by atoms with van der Waals surface area (Å²) in [6.07, 6.45) is 1.63. The SMILES string of the molecule is Cc1sc2nc(/C(Cl)=C/c3ccc(C(=O)O)cc3)[nH]c(=O)c2c1-c1ccccc1. The summed E-state index contributed by atoms with van der Waals surface area (Å²) in [7, 11) is 0. The zero-order valence-electron chi connectivity index (χ0n) is 15.3. The second kappa shape index (κ2) is 7.66. The zero-order valence-corrected chi connectivity index (χ0v) is 16.8. The molecule has 0 atom stereocenters. The first kappa shape index (κ1) is 19.1. The van der Waals surface area contributed by atoms with Crippen LogP contribution in [0.5, 0.6) is 0 Å². The summed E-state index contributed by atoms with van der Waals surface area (Å²) < 4.78 is 0. The minimum absolute atomic E-state index is 0.189. The van der Waals surface area contributed by atoms with Crippen LogP contribution in [0.1, 0.15) is 26.6 Å². The summed E-state index contributed by atoms with van der Waals surface area (Å²) in [5.74, 6) is -0.724. The van der Waals surface area contributed by atoms with Crippen molar-refractivity contribution in [1.29, 1.82) is 0 Å². The van der Waals surface area contributed by atoms with E-state index in [4.69, 9.17) is 16.7 Å². The molecule has 0 aliphatic carbocycles. The van der Waals surface area contributed by atoms with Gasteiger partial charge in [-0.1, -0.05) is 54.1 Å². The van der Waals surface area contributed by atoms with Gasteiger partial charge < -0.3 is 10.1 Å². The molecule has 2 aromatic heterocycles. The first-order chi connectivity index (χ1) is 13.9. The Morgan fingerprint density at radius 1 is 1.14 bits per heavy atom. The van der Waals surface area contributed by atoms with Crippen molar-refractivity contribution >= 4 is 50.2 Å². The highest BCUT2D eigenvalue weighted by atomic mass is 35.5. The van der Waals surface area contributed by atoms with E-state index in [2.05, 4.69) is 9.97 Å². The minimum atomic E-state index is -0.995. The van der Waals surface area contributed by atoms with Crippen LogP contribution in [0, 0.1) is 6.92 Å². The Kier molecular flexibility index (Phi) is 5.05. The molecule has 0 aliphatic heterocycles. The lowest BCUT2D eigenvalue weighted by Crippen LogP contribution is -2.10. The number of benzene rings is 2. The van der Waals surface area contributed by atoms with Crippen LogP contribution in [0.3, 0.4) is 0 Å². The average molecular weight is 423 g/mol. The van der Waals surface area contributed by atoms with Crippen molar-refractivity contribution in [3.05, 3.63) is 86.8 Å². The molecular formula is C22H15ClN2O3S. The smallest absolute Gasteiger partial charge is 0.335 e. The molecule has 0 saturated heterocycles. The van der Waals surface area contributed by atoms with Crippen LogP contribution in [0.4, 0.5) is 0 Å². The molecule has 144 valence electrons. The number of aryl methyl sites for hydroxylation is 1. The van der Waals surface area contributed by atoms with Crippen molar-refractivity contribution in [2.75, 3.05) is 0 Å². The fourth-order valence-corrected chi connectivity index (χ4v) is 4.38. The van der Waals surface area contributed by atoms with Gasteiger partial charge >= 0.3 is 5.97 Å². The average Bonchev–Trinajstić information content (AvgIpc) is 3.05. The van der Waals surface area contributed by atoms with Gasteiger partial charge in [0, 0.05) is 10.4 Å². The number of H-pyrrole nitrogens is 1. The maximum atomic E-state index is 12.8. The number of rotatable bonds is 4. The molecule has 4 aromatic rings. The largest absolute Gasteiger partial charge is 0.478 e.